The van der Waals surface area contributed by atoms with Crippen LogP contribution in [-0.4, -0.2) is 24.5 Å². The van der Waals surface area contributed by atoms with Crippen LogP contribution in [0.3, 0.4) is 0 Å². The summed E-state index contributed by atoms with van der Waals surface area (Å²) in [5, 5.41) is 3.56. The number of hydrogen-bond acceptors (Lipinski definition) is 4. The number of rotatable bonds is 10. The van der Waals surface area contributed by atoms with Gasteiger partial charge in [-0.15, -0.1) is 11.7 Å². The first kappa shape index (κ1) is 35.0. The molecule has 1 aliphatic carbocycles. The predicted octanol–water partition coefficient (Wildman–Crippen LogP) is 7.52. The SMILES string of the molecule is C=CCOC(c1ccc(C(F)(F)F)cc1CN(Cc1cc(C(F)(F)F)cc(C(F)(F)F)c1)/C(=N/N)NNC)C1CCCCC1. The number of benzene rings is 2. The van der Waals surface area contributed by atoms with Crippen LogP contribution >= 0.6 is 0 Å². The zero-order valence-corrected chi connectivity index (χ0v) is 23.8. The van der Waals surface area contributed by atoms with Crippen molar-refractivity contribution in [1.29, 1.82) is 0 Å². The first-order chi connectivity index (χ1) is 20.6. The van der Waals surface area contributed by atoms with Crippen LogP contribution in [0.5, 0.6) is 0 Å². The molecule has 0 aliphatic heterocycles. The van der Waals surface area contributed by atoms with E-state index in [1.165, 1.54) is 19.2 Å². The second-order valence-corrected chi connectivity index (χ2v) is 10.4. The summed E-state index contributed by atoms with van der Waals surface area (Å²) in [5.41, 5.74) is 1.05. The van der Waals surface area contributed by atoms with Crippen LogP contribution in [0.2, 0.25) is 0 Å². The fraction of sp³-hybridized carbons (Fsp3) is 0.483. The Bertz CT molecular complexity index is 1250. The summed E-state index contributed by atoms with van der Waals surface area (Å²) < 4.78 is 129. The molecule has 0 heterocycles. The predicted molar refractivity (Wildman–Crippen MR) is 146 cm³/mol. The van der Waals surface area contributed by atoms with Gasteiger partial charge in [0.15, 0.2) is 0 Å². The Morgan fingerprint density at radius 1 is 0.932 bits per heavy atom. The minimum Gasteiger partial charge on any atom is -0.369 e. The first-order valence-corrected chi connectivity index (χ1v) is 13.7. The van der Waals surface area contributed by atoms with E-state index in [2.05, 4.69) is 22.5 Å². The third-order valence-corrected chi connectivity index (χ3v) is 7.29. The molecule has 244 valence electrons. The van der Waals surface area contributed by atoms with Gasteiger partial charge in [-0.2, -0.15) is 39.5 Å². The van der Waals surface area contributed by atoms with E-state index in [4.69, 9.17) is 10.6 Å². The van der Waals surface area contributed by atoms with Crippen molar-refractivity contribution in [2.24, 2.45) is 16.9 Å². The zero-order valence-electron chi connectivity index (χ0n) is 23.8. The Morgan fingerprint density at radius 3 is 2.02 bits per heavy atom. The van der Waals surface area contributed by atoms with Gasteiger partial charge in [0.1, 0.15) is 0 Å². The van der Waals surface area contributed by atoms with Crippen LogP contribution < -0.4 is 16.7 Å². The van der Waals surface area contributed by atoms with Crippen molar-refractivity contribution in [2.45, 2.75) is 69.8 Å². The molecule has 0 spiro atoms. The lowest BCUT2D eigenvalue weighted by atomic mass is 9.81. The van der Waals surface area contributed by atoms with Gasteiger partial charge in [-0.1, -0.05) is 31.4 Å². The molecule has 44 heavy (non-hydrogen) atoms. The molecule has 1 atom stereocenters. The van der Waals surface area contributed by atoms with E-state index in [1.807, 2.05) is 0 Å². The molecular weight excluding hydrogens is 605 g/mol. The Hall–Kier alpha value is -3.46. The van der Waals surface area contributed by atoms with E-state index >= 15 is 0 Å². The highest BCUT2D eigenvalue weighted by molar-refractivity contribution is 5.79. The number of nitrogens with two attached hydrogens (primary N) is 1. The Labute approximate surface area is 249 Å². The van der Waals surface area contributed by atoms with E-state index in [0.717, 1.165) is 49.1 Å². The maximum absolute atomic E-state index is 13.9. The summed E-state index contributed by atoms with van der Waals surface area (Å²) in [5.74, 6) is 5.23. The molecule has 15 heteroatoms. The number of nitrogens with one attached hydrogen (secondary N) is 2. The van der Waals surface area contributed by atoms with Gasteiger partial charge in [0, 0.05) is 20.1 Å². The minimum atomic E-state index is -5.10. The fourth-order valence-electron chi connectivity index (χ4n) is 5.33. The van der Waals surface area contributed by atoms with Gasteiger partial charge in [-0.25, -0.2) is 5.43 Å². The van der Waals surface area contributed by atoms with Crippen LogP contribution in [0.4, 0.5) is 39.5 Å². The van der Waals surface area contributed by atoms with Crippen molar-refractivity contribution in [1.82, 2.24) is 15.8 Å². The molecule has 1 saturated carbocycles. The average Bonchev–Trinajstić information content (AvgIpc) is 2.95. The summed E-state index contributed by atoms with van der Waals surface area (Å²) in [7, 11) is 1.40. The molecule has 4 N–H and O–H groups in total. The van der Waals surface area contributed by atoms with Gasteiger partial charge >= 0.3 is 18.5 Å². The first-order valence-electron chi connectivity index (χ1n) is 13.7. The van der Waals surface area contributed by atoms with Crippen molar-refractivity contribution in [3.8, 4) is 0 Å². The minimum absolute atomic E-state index is 0.00571. The van der Waals surface area contributed by atoms with Gasteiger partial charge in [0.2, 0.25) is 5.96 Å². The van der Waals surface area contributed by atoms with E-state index in [-0.39, 0.29) is 30.1 Å². The number of ether oxygens (including phenoxy) is 1. The standard InChI is InChI=1S/C29H34F9N5O/c1-3-11-44-25(19-7-5-4-6-8-19)24-10-9-21(27(30,31)32)14-20(24)17-43(26(41-39)42-40-2)16-18-12-22(28(33,34)35)15-23(13-18)29(36,37)38/h3,9-10,12-15,19,25,40H,1,4-8,11,16-17,39H2,2H3,(H,41,42). The molecule has 0 amide bonds. The van der Waals surface area contributed by atoms with Gasteiger partial charge in [-0.3, -0.25) is 5.43 Å². The number of hydrazone groups is 1. The molecule has 6 nitrogen and oxygen atoms in total. The molecule has 1 fully saturated rings. The number of halogens is 9. The van der Waals surface area contributed by atoms with Crippen molar-refractivity contribution in [3.63, 3.8) is 0 Å². The summed E-state index contributed by atoms with van der Waals surface area (Å²) >= 11 is 0. The number of hydrazine groups is 1. The molecule has 0 radical (unpaired) electrons. The molecule has 3 rings (SSSR count). The van der Waals surface area contributed by atoms with Crippen LogP contribution in [0.15, 0.2) is 54.2 Å². The van der Waals surface area contributed by atoms with Crippen LogP contribution in [0.1, 0.15) is 71.6 Å². The van der Waals surface area contributed by atoms with Gasteiger partial charge in [0.05, 0.1) is 29.4 Å². The third-order valence-electron chi connectivity index (χ3n) is 7.29. The highest BCUT2D eigenvalue weighted by atomic mass is 19.4. The van der Waals surface area contributed by atoms with Gasteiger partial charge in [-0.05, 0) is 65.8 Å². The van der Waals surface area contributed by atoms with E-state index in [0.29, 0.717) is 17.7 Å². The summed E-state index contributed by atoms with van der Waals surface area (Å²) in [6.45, 7) is 2.70. The van der Waals surface area contributed by atoms with Crippen LogP contribution in [0, 0.1) is 5.92 Å². The number of alkyl halides is 9. The Balaban J connectivity index is 2.17. The summed E-state index contributed by atoms with van der Waals surface area (Å²) in [4.78, 5) is 1.15. The maximum atomic E-state index is 13.9. The monoisotopic (exact) mass is 639 g/mol. The number of guanidine groups is 1. The smallest absolute Gasteiger partial charge is 0.369 e. The molecule has 0 bridgehead atoms. The van der Waals surface area contributed by atoms with Gasteiger partial charge < -0.3 is 15.5 Å². The molecule has 0 aromatic heterocycles. The Morgan fingerprint density at radius 2 is 1.52 bits per heavy atom. The van der Waals surface area contributed by atoms with E-state index in [9.17, 15) is 39.5 Å². The molecule has 1 unspecified atom stereocenters. The molecule has 2 aromatic carbocycles. The van der Waals surface area contributed by atoms with Gasteiger partial charge in [0.25, 0.3) is 0 Å². The quantitative estimate of drug-likeness (QED) is 0.0627. The molecule has 2 aromatic rings. The van der Waals surface area contributed by atoms with Crippen molar-refractivity contribution >= 4 is 5.96 Å². The topological polar surface area (TPSA) is 74.9 Å². The highest BCUT2D eigenvalue weighted by Crippen LogP contribution is 2.41. The second-order valence-electron chi connectivity index (χ2n) is 10.4. The van der Waals surface area contributed by atoms with Crippen molar-refractivity contribution in [2.75, 3.05) is 13.7 Å². The third kappa shape index (κ3) is 9.27. The molecular formula is C29H34F9N5O. The summed E-state index contributed by atoms with van der Waals surface area (Å²) in [6.07, 6.45) is -9.76. The molecule has 0 saturated heterocycles. The molecule has 1 aliphatic rings. The second kappa shape index (κ2) is 14.5. The van der Waals surface area contributed by atoms with Crippen molar-refractivity contribution in [3.05, 3.63) is 82.4 Å². The number of nitrogens with zero attached hydrogens (tertiary/aromatic N) is 2. The highest BCUT2D eigenvalue weighted by Gasteiger charge is 2.38. The lowest BCUT2D eigenvalue weighted by Gasteiger charge is -2.33. The fourth-order valence-corrected chi connectivity index (χ4v) is 5.33. The maximum Gasteiger partial charge on any atom is 0.416 e. The lowest BCUT2D eigenvalue weighted by Crippen LogP contribution is -2.46. The zero-order chi connectivity index (χ0) is 32.7. The normalized spacial score (nSPS) is 16.1. The lowest BCUT2D eigenvalue weighted by molar-refractivity contribution is -0.143. The van der Waals surface area contributed by atoms with Crippen LogP contribution in [-0.2, 0) is 36.4 Å². The van der Waals surface area contributed by atoms with Crippen LogP contribution in [0.25, 0.3) is 0 Å². The Kier molecular flexibility index (Phi) is 11.6. The summed E-state index contributed by atoms with van der Waals surface area (Å²) in [6, 6.07) is 4.20. The average molecular weight is 640 g/mol. The van der Waals surface area contributed by atoms with Crippen molar-refractivity contribution < 1.29 is 44.3 Å². The van der Waals surface area contributed by atoms with E-state index < -0.39 is 60.0 Å². The largest absolute Gasteiger partial charge is 0.416 e. The van der Waals surface area contributed by atoms with E-state index in [1.54, 1.807) is 0 Å². The number of hydrogen-bond donors (Lipinski definition) is 3.